The Morgan fingerprint density at radius 2 is 2.05 bits per heavy atom. The Hall–Kier alpha value is -1.56. The Kier molecular flexibility index (Phi) is 4.20. The summed E-state index contributed by atoms with van der Waals surface area (Å²) >= 11 is 1.72. The first-order chi connectivity index (χ1) is 9.84. The van der Waals surface area contributed by atoms with Crippen LogP contribution < -0.4 is 5.73 Å². The zero-order chi connectivity index (χ0) is 13.8. The summed E-state index contributed by atoms with van der Waals surface area (Å²) in [5, 5.41) is 13.1. The third kappa shape index (κ3) is 2.95. The molecular formula is C14H19N5S. The molecule has 1 aromatic carbocycles. The zero-order valence-corrected chi connectivity index (χ0v) is 12.2. The minimum atomic E-state index is 0.495. The quantitative estimate of drug-likeness (QED) is 0.677. The molecule has 0 saturated heterocycles. The van der Waals surface area contributed by atoms with Gasteiger partial charge in [0.25, 0.3) is 0 Å². The Labute approximate surface area is 122 Å². The van der Waals surface area contributed by atoms with E-state index in [0.717, 1.165) is 23.0 Å². The topological polar surface area (TPSA) is 69.6 Å². The lowest BCUT2D eigenvalue weighted by Gasteiger charge is -2.10. The van der Waals surface area contributed by atoms with Crippen molar-refractivity contribution in [1.29, 1.82) is 0 Å². The summed E-state index contributed by atoms with van der Waals surface area (Å²) in [5.74, 6) is 0.946. The predicted molar refractivity (Wildman–Crippen MR) is 80.6 cm³/mol. The maximum atomic E-state index is 5.95. The van der Waals surface area contributed by atoms with Gasteiger partial charge >= 0.3 is 0 Å². The molecule has 0 atom stereocenters. The molecule has 1 heterocycles. The number of para-hydroxylation sites is 1. The van der Waals surface area contributed by atoms with E-state index in [1.165, 1.54) is 31.2 Å². The van der Waals surface area contributed by atoms with Gasteiger partial charge in [-0.15, -0.1) is 5.10 Å². The summed E-state index contributed by atoms with van der Waals surface area (Å²) in [4.78, 5) is 0. The Morgan fingerprint density at radius 1 is 1.25 bits per heavy atom. The number of hydrogen-bond acceptors (Lipinski definition) is 5. The average molecular weight is 289 g/mol. The third-order valence-electron chi connectivity index (χ3n) is 3.79. The summed E-state index contributed by atoms with van der Waals surface area (Å²) in [6.07, 6.45) is 5.91. The molecule has 0 unspecified atom stereocenters. The van der Waals surface area contributed by atoms with Crippen LogP contribution in [0.25, 0.3) is 0 Å². The molecule has 5 nitrogen and oxygen atoms in total. The van der Waals surface area contributed by atoms with E-state index in [1.807, 2.05) is 22.9 Å². The molecule has 0 spiro atoms. The van der Waals surface area contributed by atoms with Crippen molar-refractivity contribution in [3.63, 3.8) is 0 Å². The zero-order valence-electron chi connectivity index (χ0n) is 11.4. The van der Waals surface area contributed by atoms with Crippen LogP contribution in [0.15, 0.2) is 29.4 Å². The number of hydrogen-bond donors (Lipinski definition) is 1. The van der Waals surface area contributed by atoms with Crippen LogP contribution in [0.3, 0.4) is 0 Å². The van der Waals surface area contributed by atoms with Crippen molar-refractivity contribution in [1.82, 2.24) is 20.2 Å². The van der Waals surface area contributed by atoms with Crippen molar-refractivity contribution in [3.05, 3.63) is 29.8 Å². The highest BCUT2D eigenvalue weighted by Gasteiger charge is 2.21. The number of aromatic nitrogens is 4. The second-order valence-corrected chi connectivity index (χ2v) is 6.20. The third-order valence-corrected chi connectivity index (χ3v) is 4.73. The highest BCUT2D eigenvalue weighted by atomic mass is 32.2. The van der Waals surface area contributed by atoms with Crippen molar-refractivity contribution in [3.8, 4) is 0 Å². The van der Waals surface area contributed by atoms with E-state index < -0.39 is 0 Å². The highest BCUT2D eigenvalue weighted by Crippen LogP contribution is 2.31. The first-order valence-corrected chi connectivity index (χ1v) is 8.07. The molecule has 20 heavy (non-hydrogen) atoms. The summed E-state index contributed by atoms with van der Waals surface area (Å²) in [6.45, 7) is 0. The van der Waals surface area contributed by atoms with Crippen LogP contribution in [-0.2, 0) is 6.42 Å². The average Bonchev–Trinajstić information content (AvgIpc) is 3.11. The number of nitrogens with zero attached hydrogens (tertiary/aromatic N) is 4. The molecule has 1 aliphatic carbocycles. The van der Waals surface area contributed by atoms with Crippen LogP contribution in [0.5, 0.6) is 0 Å². The summed E-state index contributed by atoms with van der Waals surface area (Å²) < 4.78 is 2.01. The fraction of sp³-hybridized carbons (Fsp3) is 0.500. The Morgan fingerprint density at radius 3 is 2.85 bits per heavy atom. The van der Waals surface area contributed by atoms with Gasteiger partial charge in [0, 0.05) is 11.4 Å². The lowest BCUT2D eigenvalue weighted by atomic mass is 10.1. The van der Waals surface area contributed by atoms with Crippen LogP contribution in [-0.4, -0.2) is 26.0 Å². The van der Waals surface area contributed by atoms with Crippen LogP contribution in [0, 0.1) is 0 Å². The number of thioether (sulfide) groups is 1. The van der Waals surface area contributed by atoms with Gasteiger partial charge in [-0.05, 0) is 41.3 Å². The number of tetrazole rings is 1. The first-order valence-electron chi connectivity index (χ1n) is 7.08. The lowest BCUT2D eigenvalue weighted by Crippen LogP contribution is -2.08. The Bertz CT molecular complexity index is 562. The summed E-state index contributed by atoms with van der Waals surface area (Å²) in [7, 11) is 0. The molecule has 1 aromatic heterocycles. The lowest BCUT2D eigenvalue weighted by molar-refractivity contribution is 0.423. The van der Waals surface area contributed by atoms with Gasteiger partial charge in [-0.25, -0.2) is 4.68 Å². The molecule has 1 saturated carbocycles. The molecule has 6 heteroatoms. The molecule has 0 bridgehead atoms. The largest absolute Gasteiger partial charge is 0.399 e. The number of benzene rings is 1. The number of aryl methyl sites for hydroxylation is 1. The standard InChI is InChI=1S/C14H19N5S/c15-13-8-4-1-5-11(13)9-10-20-14-16-17-18-19(14)12-6-2-3-7-12/h1,4-5,8,12H,2-3,6-7,9-10,15H2. The van der Waals surface area contributed by atoms with Crippen molar-refractivity contribution in [2.45, 2.75) is 43.3 Å². The van der Waals surface area contributed by atoms with Gasteiger partial charge < -0.3 is 5.73 Å². The molecule has 0 radical (unpaired) electrons. The second kappa shape index (κ2) is 6.26. The van der Waals surface area contributed by atoms with Gasteiger partial charge in [-0.1, -0.05) is 42.8 Å². The molecule has 3 rings (SSSR count). The monoisotopic (exact) mass is 289 g/mol. The van der Waals surface area contributed by atoms with Gasteiger partial charge in [0.05, 0.1) is 6.04 Å². The van der Waals surface area contributed by atoms with Gasteiger partial charge in [-0.3, -0.25) is 0 Å². The van der Waals surface area contributed by atoms with E-state index in [9.17, 15) is 0 Å². The number of nitrogens with two attached hydrogens (primary N) is 1. The van der Waals surface area contributed by atoms with Crippen molar-refractivity contribution in [2.75, 3.05) is 11.5 Å². The highest BCUT2D eigenvalue weighted by molar-refractivity contribution is 7.99. The summed E-state index contributed by atoms with van der Waals surface area (Å²) in [6, 6.07) is 8.51. The number of nitrogen functional groups attached to an aromatic ring is 1. The minimum Gasteiger partial charge on any atom is -0.399 e. The molecule has 1 aliphatic rings. The van der Waals surface area contributed by atoms with E-state index in [0.29, 0.717) is 6.04 Å². The minimum absolute atomic E-state index is 0.495. The van der Waals surface area contributed by atoms with Crippen molar-refractivity contribution in [2.24, 2.45) is 0 Å². The number of rotatable bonds is 5. The Balaban J connectivity index is 1.59. The number of anilines is 1. The molecule has 2 aromatic rings. The first kappa shape index (κ1) is 13.4. The van der Waals surface area contributed by atoms with Crippen LogP contribution >= 0.6 is 11.8 Å². The van der Waals surface area contributed by atoms with Gasteiger partial charge in [0.15, 0.2) is 0 Å². The van der Waals surface area contributed by atoms with Gasteiger partial charge in [0.2, 0.25) is 5.16 Å². The van der Waals surface area contributed by atoms with E-state index in [1.54, 1.807) is 11.8 Å². The smallest absolute Gasteiger partial charge is 0.209 e. The molecule has 0 amide bonds. The SMILES string of the molecule is Nc1ccccc1CCSc1nnnn1C1CCCC1. The molecule has 0 aliphatic heterocycles. The normalized spacial score (nSPS) is 15.8. The van der Waals surface area contributed by atoms with Crippen LogP contribution in [0.1, 0.15) is 37.3 Å². The van der Waals surface area contributed by atoms with Gasteiger partial charge in [0.1, 0.15) is 0 Å². The fourth-order valence-corrected chi connectivity index (χ4v) is 3.59. The molecule has 106 valence electrons. The van der Waals surface area contributed by atoms with E-state index in [4.69, 9.17) is 5.73 Å². The van der Waals surface area contributed by atoms with Crippen LogP contribution in [0.4, 0.5) is 5.69 Å². The van der Waals surface area contributed by atoms with E-state index in [2.05, 4.69) is 21.6 Å². The van der Waals surface area contributed by atoms with Crippen molar-refractivity contribution >= 4 is 17.4 Å². The maximum Gasteiger partial charge on any atom is 0.209 e. The second-order valence-electron chi connectivity index (χ2n) is 5.14. The van der Waals surface area contributed by atoms with Crippen molar-refractivity contribution < 1.29 is 0 Å². The molecular weight excluding hydrogens is 270 g/mol. The predicted octanol–water partition coefficient (Wildman–Crippen LogP) is 2.71. The molecule has 1 fully saturated rings. The fourth-order valence-electron chi connectivity index (χ4n) is 2.67. The van der Waals surface area contributed by atoms with E-state index in [-0.39, 0.29) is 0 Å². The molecule has 2 N–H and O–H groups in total. The van der Waals surface area contributed by atoms with E-state index >= 15 is 0 Å². The maximum absolute atomic E-state index is 5.95. The van der Waals surface area contributed by atoms with Crippen LogP contribution in [0.2, 0.25) is 0 Å². The summed E-state index contributed by atoms with van der Waals surface area (Å²) in [5.41, 5.74) is 8.01. The van der Waals surface area contributed by atoms with Gasteiger partial charge in [-0.2, -0.15) is 0 Å².